The summed E-state index contributed by atoms with van der Waals surface area (Å²) >= 11 is 0. The molecule has 0 saturated carbocycles. The summed E-state index contributed by atoms with van der Waals surface area (Å²) in [5.41, 5.74) is 3.25. The van der Waals surface area contributed by atoms with Crippen LogP contribution in [0.5, 0.6) is 5.88 Å². The molecule has 0 amide bonds. The van der Waals surface area contributed by atoms with Crippen molar-refractivity contribution < 1.29 is 4.74 Å². The number of ether oxygens (including phenoxy) is 1. The van der Waals surface area contributed by atoms with Crippen LogP contribution in [0.3, 0.4) is 0 Å². The van der Waals surface area contributed by atoms with Crippen LogP contribution in [0.15, 0.2) is 18.2 Å². The van der Waals surface area contributed by atoms with Crippen molar-refractivity contribution in [3.05, 3.63) is 23.9 Å². The lowest BCUT2D eigenvalue weighted by Crippen LogP contribution is -2.31. The molecule has 1 aromatic rings. The molecule has 0 unspecified atom stereocenters. The van der Waals surface area contributed by atoms with E-state index in [1.807, 2.05) is 19.1 Å². The van der Waals surface area contributed by atoms with Gasteiger partial charge in [-0.05, 0) is 39.3 Å². The first-order valence-electron chi connectivity index (χ1n) is 5.64. The first-order chi connectivity index (χ1) is 7.52. The van der Waals surface area contributed by atoms with Gasteiger partial charge in [-0.15, -0.1) is 0 Å². The van der Waals surface area contributed by atoms with E-state index in [4.69, 9.17) is 4.74 Å². The van der Waals surface area contributed by atoms with Gasteiger partial charge in [0.1, 0.15) is 0 Å². The number of hydrogen-bond acceptors (Lipinski definition) is 3. The third-order valence-corrected chi connectivity index (χ3v) is 2.57. The average Bonchev–Trinajstić information content (AvgIpc) is 2.18. The largest absolute Gasteiger partial charge is 0.478 e. The highest BCUT2D eigenvalue weighted by molar-refractivity contribution is 5.77. The van der Waals surface area contributed by atoms with E-state index in [1.54, 1.807) is 0 Å². The first-order valence-corrected chi connectivity index (χ1v) is 5.64. The van der Waals surface area contributed by atoms with Crippen molar-refractivity contribution in [1.82, 2.24) is 4.98 Å². The molecule has 1 aliphatic rings. The fourth-order valence-electron chi connectivity index (χ4n) is 2.06. The van der Waals surface area contributed by atoms with Crippen molar-refractivity contribution >= 4 is 11.3 Å². The third-order valence-electron chi connectivity index (χ3n) is 2.57. The second kappa shape index (κ2) is 3.81. The van der Waals surface area contributed by atoms with Gasteiger partial charge >= 0.3 is 0 Å². The predicted molar refractivity (Wildman–Crippen MR) is 66.8 cm³/mol. The molecular formula is C13H18N2O. The number of nitrogens with zero attached hydrogens (tertiary/aromatic N) is 1. The molecule has 16 heavy (non-hydrogen) atoms. The van der Waals surface area contributed by atoms with Crippen LogP contribution in [-0.2, 0) is 0 Å². The van der Waals surface area contributed by atoms with E-state index in [0.717, 1.165) is 11.4 Å². The zero-order valence-electron chi connectivity index (χ0n) is 10.3. The van der Waals surface area contributed by atoms with Crippen LogP contribution in [-0.4, -0.2) is 17.1 Å². The van der Waals surface area contributed by atoms with Gasteiger partial charge in [0.2, 0.25) is 5.88 Å². The maximum Gasteiger partial charge on any atom is 0.213 e. The minimum Gasteiger partial charge on any atom is -0.478 e. The van der Waals surface area contributed by atoms with Crippen LogP contribution in [0.2, 0.25) is 0 Å². The Morgan fingerprint density at radius 3 is 2.81 bits per heavy atom. The van der Waals surface area contributed by atoms with Gasteiger partial charge in [-0.25, -0.2) is 4.98 Å². The van der Waals surface area contributed by atoms with Crippen LogP contribution in [0.4, 0.5) is 5.69 Å². The zero-order valence-corrected chi connectivity index (χ0v) is 10.3. The second-order valence-electron chi connectivity index (χ2n) is 4.65. The molecule has 3 heteroatoms. The maximum atomic E-state index is 5.41. The number of pyridine rings is 1. The summed E-state index contributed by atoms with van der Waals surface area (Å²) in [5.74, 6) is 0.690. The van der Waals surface area contributed by atoms with Gasteiger partial charge in [0, 0.05) is 6.07 Å². The van der Waals surface area contributed by atoms with Gasteiger partial charge in [-0.3, -0.25) is 0 Å². The smallest absolute Gasteiger partial charge is 0.213 e. The summed E-state index contributed by atoms with van der Waals surface area (Å²) in [4.78, 5) is 4.50. The molecule has 0 bridgehead atoms. The Balaban J connectivity index is 2.42. The van der Waals surface area contributed by atoms with Crippen molar-refractivity contribution in [1.29, 1.82) is 0 Å². The van der Waals surface area contributed by atoms with Crippen LogP contribution in [0.1, 0.15) is 33.4 Å². The Morgan fingerprint density at radius 1 is 1.38 bits per heavy atom. The Kier molecular flexibility index (Phi) is 2.62. The number of aromatic nitrogens is 1. The number of fused-ring (bicyclic) bond motifs is 1. The molecule has 0 fully saturated rings. The highest BCUT2D eigenvalue weighted by atomic mass is 16.5. The molecule has 0 radical (unpaired) electrons. The highest BCUT2D eigenvalue weighted by Crippen LogP contribution is 2.33. The van der Waals surface area contributed by atoms with Crippen LogP contribution >= 0.6 is 0 Å². The lowest BCUT2D eigenvalue weighted by Gasteiger charge is -2.30. The molecular weight excluding hydrogens is 200 g/mol. The quantitative estimate of drug-likeness (QED) is 0.828. The Morgan fingerprint density at radius 2 is 2.12 bits per heavy atom. The van der Waals surface area contributed by atoms with Gasteiger partial charge in [-0.1, -0.05) is 6.08 Å². The van der Waals surface area contributed by atoms with E-state index >= 15 is 0 Å². The topological polar surface area (TPSA) is 34.1 Å². The van der Waals surface area contributed by atoms with E-state index in [2.05, 4.69) is 37.1 Å². The summed E-state index contributed by atoms with van der Waals surface area (Å²) in [6, 6.07) is 3.94. The predicted octanol–water partition coefficient (Wildman–Crippen LogP) is 3.09. The Bertz CT molecular complexity index is 436. The fourth-order valence-corrected chi connectivity index (χ4v) is 2.06. The molecule has 1 N–H and O–H groups in total. The van der Waals surface area contributed by atoms with Gasteiger partial charge in [0.15, 0.2) is 0 Å². The van der Waals surface area contributed by atoms with Crippen molar-refractivity contribution in [2.75, 3.05) is 11.9 Å². The molecule has 0 aliphatic carbocycles. The minimum atomic E-state index is -0.00804. The lowest BCUT2D eigenvalue weighted by molar-refractivity contribution is 0.326. The van der Waals surface area contributed by atoms with Gasteiger partial charge in [0.25, 0.3) is 0 Å². The maximum absolute atomic E-state index is 5.41. The number of hydrogen-bond donors (Lipinski definition) is 1. The summed E-state index contributed by atoms with van der Waals surface area (Å²) in [6.45, 7) is 8.99. The van der Waals surface area contributed by atoms with Crippen LogP contribution < -0.4 is 10.1 Å². The Labute approximate surface area is 96.5 Å². The summed E-state index contributed by atoms with van der Waals surface area (Å²) < 4.78 is 5.41. The molecule has 3 nitrogen and oxygen atoms in total. The number of nitrogens with one attached hydrogen (secondary N) is 1. The van der Waals surface area contributed by atoms with Crippen LogP contribution in [0.25, 0.3) is 5.57 Å². The standard InChI is InChI=1S/C13H18N2O/c1-5-16-11-7-6-10-12(14-11)9(2)8-13(3,4)15-10/h6-8,15H,5H2,1-4H3. The molecule has 1 aromatic heterocycles. The lowest BCUT2D eigenvalue weighted by atomic mass is 9.94. The van der Waals surface area contributed by atoms with E-state index in [9.17, 15) is 0 Å². The second-order valence-corrected chi connectivity index (χ2v) is 4.65. The minimum absolute atomic E-state index is 0.00804. The molecule has 0 atom stereocenters. The normalized spacial score (nSPS) is 17.1. The van der Waals surface area contributed by atoms with Gasteiger partial charge in [-0.2, -0.15) is 0 Å². The van der Waals surface area contributed by atoms with Gasteiger partial charge in [0.05, 0.1) is 23.5 Å². The monoisotopic (exact) mass is 218 g/mol. The fraction of sp³-hybridized carbons (Fsp3) is 0.462. The van der Waals surface area contributed by atoms with E-state index < -0.39 is 0 Å². The van der Waals surface area contributed by atoms with Crippen molar-refractivity contribution in [2.24, 2.45) is 0 Å². The first kappa shape index (κ1) is 11.0. The molecule has 0 aromatic carbocycles. The third kappa shape index (κ3) is 2.03. The number of anilines is 1. The van der Waals surface area contributed by atoms with E-state index in [-0.39, 0.29) is 5.54 Å². The van der Waals surface area contributed by atoms with E-state index in [1.165, 1.54) is 5.57 Å². The van der Waals surface area contributed by atoms with Crippen molar-refractivity contribution in [3.8, 4) is 5.88 Å². The summed E-state index contributed by atoms with van der Waals surface area (Å²) in [7, 11) is 0. The average molecular weight is 218 g/mol. The van der Waals surface area contributed by atoms with E-state index in [0.29, 0.717) is 12.5 Å². The molecule has 86 valence electrons. The number of allylic oxidation sites excluding steroid dienone is 1. The van der Waals surface area contributed by atoms with Gasteiger partial charge < -0.3 is 10.1 Å². The SMILES string of the molecule is CCOc1ccc2c(n1)C(C)=CC(C)(C)N2. The molecule has 2 heterocycles. The van der Waals surface area contributed by atoms with Crippen molar-refractivity contribution in [2.45, 2.75) is 33.2 Å². The Hall–Kier alpha value is -1.51. The van der Waals surface area contributed by atoms with Crippen molar-refractivity contribution in [3.63, 3.8) is 0 Å². The molecule has 2 rings (SSSR count). The number of rotatable bonds is 2. The zero-order chi connectivity index (χ0) is 11.8. The highest BCUT2D eigenvalue weighted by Gasteiger charge is 2.23. The molecule has 0 saturated heterocycles. The summed E-state index contributed by atoms with van der Waals surface area (Å²) in [6.07, 6.45) is 2.19. The molecule has 0 spiro atoms. The molecule has 1 aliphatic heterocycles. The van der Waals surface area contributed by atoms with Crippen LogP contribution in [0, 0.1) is 0 Å². The summed E-state index contributed by atoms with van der Waals surface area (Å²) in [5, 5.41) is 3.44.